The molecule has 3 aromatic heterocycles. The normalized spacial score (nSPS) is 10.9. The molecule has 0 saturated carbocycles. The van der Waals surface area contributed by atoms with Crippen LogP contribution in [0.3, 0.4) is 0 Å². The Kier molecular flexibility index (Phi) is 3.96. The molecule has 0 fully saturated rings. The summed E-state index contributed by atoms with van der Waals surface area (Å²) < 4.78 is 7.23. The van der Waals surface area contributed by atoms with Crippen LogP contribution in [0, 0.1) is 13.8 Å². The quantitative estimate of drug-likeness (QED) is 0.608. The zero-order chi connectivity index (χ0) is 18.1. The number of methoxy groups -OCH3 is 1. The molecule has 1 aromatic carbocycles. The van der Waals surface area contributed by atoms with Gasteiger partial charge in [-0.05, 0) is 37.6 Å². The number of rotatable bonds is 4. The van der Waals surface area contributed by atoms with Crippen molar-refractivity contribution in [2.24, 2.45) is 0 Å². The van der Waals surface area contributed by atoms with E-state index in [0.717, 1.165) is 33.7 Å². The van der Waals surface area contributed by atoms with E-state index < -0.39 is 0 Å². The number of fused-ring (bicyclic) bond motifs is 1. The summed E-state index contributed by atoms with van der Waals surface area (Å²) >= 11 is 0. The highest BCUT2D eigenvalue weighted by Gasteiger charge is 2.13. The van der Waals surface area contributed by atoms with Crippen LogP contribution in [-0.4, -0.2) is 31.8 Å². The molecule has 4 aromatic rings. The average Bonchev–Trinajstić information content (AvgIpc) is 3.02. The molecule has 0 saturated heterocycles. The van der Waals surface area contributed by atoms with E-state index in [1.165, 1.54) is 0 Å². The molecule has 3 heterocycles. The van der Waals surface area contributed by atoms with E-state index in [1.807, 2.05) is 37.3 Å². The van der Waals surface area contributed by atoms with Gasteiger partial charge in [-0.25, -0.2) is 15.0 Å². The lowest BCUT2D eigenvalue weighted by molar-refractivity contribution is 0.419. The largest absolute Gasteiger partial charge is 0.494 e. The first-order valence-corrected chi connectivity index (χ1v) is 8.21. The molecule has 0 aliphatic rings. The number of nitrogens with one attached hydrogen (secondary N) is 1. The van der Waals surface area contributed by atoms with E-state index in [-0.39, 0.29) is 0 Å². The Hall–Kier alpha value is -3.48. The molecule has 7 heteroatoms. The third kappa shape index (κ3) is 2.83. The Labute approximate surface area is 150 Å². The predicted octanol–water partition coefficient (Wildman–Crippen LogP) is 3.58. The molecule has 0 aliphatic carbocycles. The van der Waals surface area contributed by atoms with Crippen LogP contribution >= 0.6 is 0 Å². The predicted molar refractivity (Wildman–Crippen MR) is 100 cm³/mol. The first kappa shape index (κ1) is 16.0. The van der Waals surface area contributed by atoms with Crippen molar-refractivity contribution < 1.29 is 4.74 Å². The van der Waals surface area contributed by atoms with Crippen molar-refractivity contribution in [2.75, 3.05) is 12.4 Å². The summed E-state index contributed by atoms with van der Waals surface area (Å²) in [5.74, 6) is 2.68. The molecule has 0 amide bonds. The lowest BCUT2D eigenvalue weighted by Gasteiger charge is -2.12. The number of pyridine rings is 1. The summed E-state index contributed by atoms with van der Waals surface area (Å²) in [5.41, 5.74) is 2.77. The third-order valence-corrected chi connectivity index (χ3v) is 4.07. The zero-order valence-electron chi connectivity index (χ0n) is 14.8. The van der Waals surface area contributed by atoms with E-state index in [2.05, 4.69) is 27.3 Å². The number of nitrogens with zero attached hydrogens (tertiary/aromatic N) is 5. The van der Waals surface area contributed by atoms with Gasteiger partial charge in [0.2, 0.25) is 5.95 Å². The topological polar surface area (TPSA) is 77.8 Å². The molecule has 1 N–H and O–H groups in total. The van der Waals surface area contributed by atoms with Crippen molar-refractivity contribution >= 4 is 22.7 Å². The highest BCUT2D eigenvalue weighted by molar-refractivity contribution is 5.88. The zero-order valence-corrected chi connectivity index (χ0v) is 14.8. The van der Waals surface area contributed by atoms with Crippen LogP contribution in [0.4, 0.5) is 11.8 Å². The monoisotopic (exact) mass is 346 g/mol. The molecular formula is C19H18N6O. The molecule has 0 unspecified atom stereocenters. The number of ether oxygens (including phenoxy) is 1. The minimum atomic E-state index is 0.503. The Morgan fingerprint density at radius 3 is 2.62 bits per heavy atom. The van der Waals surface area contributed by atoms with E-state index in [4.69, 9.17) is 9.72 Å². The number of para-hydroxylation sites is 1. The van der Waals surface area contributed by atoms with Crippen molar-refractivity contribution in [1.29, 1.82) is 0 Å². The van der Waals surface area contributed by atoms with Gasteiger partial charge in [-0.1, -0.05) is 12.1 Å². The van der Waals surface area contributed by atoms with Crippen LogP contribution in [0.15, 0.2) is 48.8 Å². The fourth-order valence-corrected chi connectivity index (χ4v) is 2.89. The first-order chi connectivity index (χ1) is 12.7. The van der Waals surface area contributed by atoms with E-state index >= 15 is 0 Å². The van der Waals surface area contributed by atoms with Gasteiger partial charge in [0.25, 0.3) is 0 Å². The van der Waals surface area contributed by atoms with Gasteiger partial charge in [-0.2, -0.15) is 9.78 Å². The van der Waals surface area contributed by atoms with Gasteiger partial charge in [0.1, 0.15) is 17.1 Å². The second-order valence-corrected chi connectivity index (χ2v) is 5.93. The standard InChI is InChI=1S/C19H18N6O/c1-12-10-16(22-18-14(12)6-4-7-15(18)26-3)25-17(11-13(2)24-25)23-19-20-8-5-9-21-19/h4-11H,1-3H3,(H,20,21,23). The van der Waals surface area contributed by atoms with Crippen molar-refractivity contribution in [2.45, 2.75) is 13.8 Å². The molecule has 26 heavy (non-hydrogen) atoms. The van der Waals surface area contributed by atoms with Crippen LogP contribution in [0.2, 0.25) is 0 Å². The SMILES string of the molecule is COc1cccc2c(C)cc(-n3nc(C)cc3Nc3ncccn3)nc12. The molecule has 0 atom stereocenters. The van der Waals surface area contributed by atoms with Crippen molar-refractivity contribution in [3.05, 3.63) is 60.0 Å². The van der Waals surface area contributed by atoms with Gasteiger partial charge in [0.15, 0.2) is 5.82 Å². The summed E-state index contributed by atoms with van der Waals surface area (Å²) in [4.78, 5) is 13.2. The van der Waals surface area contributed by atoms with Crippen LogP contribution in [0.25, 0.3) is 16.7 Å². The fraction of sp³-hybridized carbons (Fsp3) is 0.158. The summed E-state index contributed by atoms with van der Waals surface area (Å²) in [6.07, 6.45) is 3.37. The lowest BCUT2D eigenvalue weighted by Crippen LogP contribution is -2.07. The highest BCUT2D eigenvalue weighted by Crippen LogP contribution is 2.28. The second-order valence-electron chi connectivity index (χ2n) is 5.93. The Bertz CT molecular complexity index is 1070. The Balaban J connectivity index is 1.85. The summed E-state index contributed by atoms with van der Waals surface area (Å²) in [5, 5.41) is 8.82. The van der Waals surface area contributed by atoms with Gasteiger partial charge in [-0.3, -0.25) is 0 Å². The molecule has 0 bridgehead atoms. The molecule has 0 radical (unpaired) electrons. The van der Waals surface area contributed by atoms with Crippen LogP contribution < -0.4 is 10.1 Å². The molecule has 130 valence electrons. The first-order valence-electron chi connectivity index (χ1n) is 8.21. The van der Waals surface area contributed by atoms with E-state index in [1.54, 1.807) is 30.3 Å². The minimum Gasteiger partial charge on any atom is -0.494 e. The maximum atomic E-state index is 5.48. The van der Waals surface area contributed by atoms with Gasteiger partial charge in [-0.15, -0.1) is 0 Å². The molecular weight excluding hydrogens is 328 g/mol. The van der Waals surface area contributed by atoms with Gasteiger partial charge >= 0.3 is 0 Å². The van der Waals surface area contributed by atoms with Crippen molar-refractivity contribution in [3.8, 4) is 11.6 Å². The number of hydrogen-bond acceptors (Lipinski definition) is 6. The van der Waals surface area contributed by atoms with Gasteiger partial charge in [0.05, 0.1) is 12.8 Å². The summed E-state index contributed by atoms with van der Waals surface area (Å²) in [6.45, 7) is 3.98. The average molecular weight is 346 g/mol. The number of anilines is 2. The molecule has 4 rings (SSSR count). The minimum absolute atomic E-state index is 0.503. The second kappa shape index (κ2) is 6.44. The molecule has 0 aliphatic heterocycles. The molecule has 7 nitrogen and oxygen atoms in total. The number of hydrogen-bond donors (Lipinski definition) is 1. The summed E-state index contributed by atoms with van der Waals surface area (Å²) in [7, 11) is 1.65. The smallest absolute Gasteiger partial charge is 0.228 e. The Morgan fingerprint density at radius 2 is 1.85 bits per heavy atom. The maximum absolute atomic E-state index is 5.48. The third-order valence-electron chi connectivity index (χ3n) is 4.07. The van der Waals surface area contributed by atoms with E-state index in [0.29, 0.717) is 11.8 Å². The van der Waals surface area contributed by atoms with Crippen molar-refractivity contribution in [1.82, 2.24) is 24.7 Å². The maximum Gasteiger partial charge on any atom is 0.228 e. The van der Waals surface area contributed by atoms with Crippen LogP contribution in [0.1, 0.15) is 11.3 Å². The summed E-state index contributed by atoms with van der Waals surface area (Å²) in [6, 6.07) is 11.6. The number of benzene rings is 1. The van der Waals surface area contributed by atoms with Crippen LogP contribution in [0.5, 0.6) is 5.75 Å². The van der Waals surface area contributed by atoms with Crippen LogP contribution in [-0.2, 0) is 0 Å². The highest BCUT2D eigenvalue weighted by atomic mass is 16.5. The van der Waals surface area contributed by atoms with Gasteiger partial charge < -0.3 is 10.1 Å². The fourth-order valence-electron chi connectivity index (χ4n) is 2.89. The van der Waals surface area contributed by atoms with E-state index in [9.17, 15) is 0 Å². The van der Waals surface area contributed by atoms with Gasteiger partial charge in [0, 0.05) is 23.8 Å². The number of aromatic nitrogens is 5. The number of aryl methyl sites for hydroxylation is 2. The molecule has 0 spiro atoms. The van der Waals surface area contributed by atoms with Crippen molar-refractivity contribution in [3.63, 3.8) is 0 Å². The lowest BCUT2D eigenvalue weighted by atomic mass is 10.1. The Morgan fingerprint density at radius 1 is 1.04 bits per heavy atom.